The fraction of sp³-hybridized carbons (Fsp3) is 0.308. The standard InChI is InChI=1S/C13H14ClNO/c1-3-4-10-7-12(16)11-6-9(14)5-8(2)13(11)15-10/h5-7H,3-4H2,1-2H3,(H,15,16). The van der Waals surface area contributed by atoms with Gasteiger partial charge in [-0.3, -0.25) is 4.79 Å². The molecule has 0 radical (unpaired) electrons. The summed E-state index contributed by atoms with van der Waals surface area (Å²) in [4.78, 5) is 15.2. The highest BCUT2D eigenvalue weighted by atomic mass is 35.5. The molecule has 0 saturated heterocycles. The molecule has 0 saturated carbocycles. The van der Waals surface area contributed by atoms with Crippen LogP contribution in [0.1, 0.15) is 24.6 Å². The summed E-state index contributed by atoms with van der Waals surface area (Å²) in [7, 11) is 0. The Morgan fingerprint density at radius 2 is 2.06 bits per heavy atom. The Labute approximate surface area is 99.3 Å². The number of aromatic amines is 1. The van der Waals surface area contributed by atoms with E-state index in [1.807, 2.05) is 13.0 Å². The summed E-state index contributed by atoms with van der Waals surface area (Å²) >= 11 is 5.94. The van der Waals surface area contributed by atoms with Crippen LogP contribution in [0, 0.1) is 6.92 Å². The van der Waals surface area contributed by atoms with Crippen LogP contribution in [0.3, 0.4) is 0 Å². The van der Waals surface area contributed by atoms with Crippen LogP contribution in [0.2, 0.25) is 5.02 Å². The van der Waals surface area contributed by atoms with Crippen LogP contribution in [-0.4, -0.2) is 4.98 Å². The van der Waals surface area contributed by atoms with Crippen LogP contribution in [-0.2, 0) is 6.42 Å². The number of fused-ring (bicyclic) bond motifs is 1. The molecule has 0 bridgehead atoms. The lowest BCUT2D eigenvalue weighted by molar-refractivity contribution is 0.887. The lowest BCUT2D eigenvalue weighted by Crippen LogP contribution is -2.06. The minimum Gasteiger partial charge on any atom is -0.358 e. The van der Waals surface area contributed by atoms with Gasteiger partial charge in [-0.2, -0.15) is 0 Å². The van der Waals surface area contributed by atoms with Gasteiger partial charge < -0.3 is 4.98 Å². The number of H-pyrrole nitrogens is 1. The van der Waals surface area contributed by atoms with Gasteiger partial charge in [0, 0.05) is 22.2 Å². The molecule has 2 rings (SSSR count). The molecule has 0 unspecified atom stereocenters. The molecule has 0 spiro atoms. The zero-order valence-electron chi connectivity index (χ0n) is 9.43. The van der Waals surface area contributed by atoms with Crippen molar-refractivity contribution >= 4 is 22.5 Å². The number of hydrogen-bond acceptors (Lipinski definition) is 1. The van der Waals surface area contributed by atoms with Crippen molar-refractivity contribution in [3.05, 3.63) is 44.7 Å². The van der Waals surface area contributed by atoms with Crippen LogP contribution in [0.5, 0.6) is 0 Å². The van der Waals surface area contributed by atoms with Gasteiger partial charge in [0.05, 0.1) is 5.52 Å². The van der Waals surface area contributed by atoms with Crippen LogP contribution in [0.15, 0.2) is 23.0 Å². The number of halogens is 1. The summed E-state index contributed by atoms with van der Waals surface area (Å²) < 4.78 is 0. The highest BCUT2D eigenvalue weighted by molar-refractivity contribution is 6.31. The van der Waals surface area contributed by atoms with Crippen molar-refractivity contribution in [2.45, 2.75) is 26.7 Å². The quantitative estimate of drug-likeness (QED) is 0.850. The maximum absolute atomic E-state index is 11.9. The van der Waals surface area contributed by atoms with E-state index in [9.17, 15) is 4.79 Å². The number of pyridine rings is 1. The summed E-state index contributed by atoms with van der Waals surface area (Å²) in [6, 6.07) is 5.26. The minimum atomic E-state index is 0.0443. The summed E-state index contributed by atoms with van der Waals surface area (Å²) in [6.45, 7) is 4.05. The molecule has 3 heteroatoms. The number of aromatic nitrogens is 1. The molecule has 0 atom stereocenters. The molecule has 0 fully saturated rings. The molecular formula is C13H14ClNO. The van der Waals surface area contributed by atoms with E-state index < -0.39 is 0 Å². The normalized spacial score (nSPS) is 10.9. The summed E-state index contributed by atoms with van der Waals surface area (Å²) in [6.07, 6.45) is 1.92. The SMILES string of the molecule is CCCc1cc(=O)c2cc(Cl)cc(C)c2[nH]1. The van der Waals surface area contributed by atoms with Crippen molar-refractivity contribution in [1.29, 1.82) is 0 Å². The molecule has 84 valence electrons. The summed E-state index contributed by atoms with van der Waals surface area (Å²) in [5, 5.41) is 1.28. The average Bonchev–Trinajstić information content (AvgIpc) is 2.20. The van der Waals surface area contributed by atoms with Crippen molar-refractivity contribution in [3.63, 3.8) is 0 Å². The largest absolute Gasteiger partial charge is 0.358 e. The van der Waals surface area contributed by atoms with E-state index in [0.29, 0.717) is 10.4 Å². The first-order valence-corrected chi connectivity index (χ1v) is 5.81. The highest BCUT2D eigenvalue weighted by Crippen LogP contribution is 2.20. The van der Waals surface area contributed by atoms with Gasteiger partial charge in [0.1, 0.15) is 0 Å². The Kier molecular flexibility index (Phi) is 3.01. The summed E-state index contributed by atoms with van der Waals surface area (Å²) in [5.41, 5.74) is 2.95. The molecule has 1 aromatic heterocycles. The van der Waals surface area contributed by atoms with E-state index in [0.717, 1.165) is 29.6 Å². The third-order valence-corrected chi connectivity index (χ3v) is 2.89. The first kappa shape index (κ1) is 11.2. The number of rotatable bonds is 2. The molecule has 0 aliphatic carbocycles. The van der Waals surface area contributed by atoms with E-state index >= 15 is 0 Å². The predicted octanol–water partition coefficient (Wildman–Crippen LogP) is 3.44. The highest BCUT2D eigenvalue weighted by Gasteiger charge is 2.05. The molecule has 0 amide bonds. The zero-order valence-corrected chi connectivity index (χ0v) is 10.2. The molecule has 2 aromatic rings. The van der Waals surface area contributed by atoms with E-state index in [1.165, 1.54) is 0 Å². The first-order chi connectivity index (χ1) is 7.61. The van der Waals surface area contributed by atoms with E-state index in [4.69, 9.17) is 11.6 Å². The van der Waals surface area contributed by atoms with Crippen LogP contribution < -0.4 is 5.43 Å². The molecule has 1 heterocycles. The van der Waals surface area contributed by atoms with Crippen molar-refractivity contribution in [3.8, 4) is 0 Å². The fourth-order valence-corrected chi connectivity index (χ4v) is 2.21. The Bertz CT molecular complexity index is 586. The van der Waals surface area contributed by atoms with Gasteiger partial charge in [0.2, 0.25) is 0 Å². The zero-order chi connectivity index (χ0) is 11.7. The third-order valence-electron chi connectivity index (χ3n) is 2.68. The number of benzene rings is 1. The van der Waals surface area contributed by atoms with E-state index in [2.05, 4.69) is 11.9 Å². The van der Waals surface area contributed by atoms with Gasteiger partial charge >= 0.3 is 0 Å². The minimum absolute atomic E-state index is 0.0443. The van der Waals surface area contributed by atoms with Crippen LogP contribution >= 0.6 is 11.6 Å². The van der Waals surface area contributed by atoms with Crippen molar-refractivity contribution in [2.75, 3.05) is 0 Å². The van der Waals surface area contributed by atoms with Gasteiger partial charge in [0.25, 0.3) is 0 Å². The van der Waals surface area contributed by atoms with Gasteiger partial charge in [-0.1, -0.05) is 24.9 Å². The van der Waals surface area contributed by atoms with E-state index in [-0.39, 0.29) is 5.43 Å². The van der Waals surface area contributed by atoms with Gasteiger partial charge in [-0.15, -0.1) is 0 Å². The Balaban J connectivity index is 2.77. The Morgan fingerprint density at radius 1 is 1.31 bits per heavy atom. The van der Waals surface area contributed by atoms with Crippen LogP contribution in [0.4, 0.5) is 0 Å². The topological polar surface area (TPSA) is 32.9 Å². The average molecular weight is 236 g/mol. The lowest BCUT2D eigenvalue weighted by Gasteiger charge is -2.06. The van der Waals surface area contributed by atoms with Gasteiger partial charge in [-0.05, 0) is 31.0 Å². The van der Waals surface area contributed by atoms with Gasteiger partial charge in [-0.25, -0.2) is 0 Å². The van der Waals surface area contributed by atoms with Crippen molar-refractivity contribution in [2.24, 2.45) is 0 Å². The second kappa shape index (κ2) is 4.30. The van der Waals surface area contributed by atoms with Crippen molar-refractivity contribution < 1.29 is 0 Å². The molecule has 16 heavy (non-hydrogen) atoms. The first-order valence-electron chi connectivity index (χ1n) is 5.44. The molecule has 1 N–H and O–H groups in total. The Morgan fingerprint density at radius 3 is 2.75 bits per heavy atom. The monoisotopic (exact) mass is 235 g/mol. The second-order valence-electron chi connectivity index (χ2n) is 4.05. The number of aryl methyl sites for hydroxylation is 2. The molecule has 2 nitrogen and oxygen atoms in total. The maximum Gasteiger partial charge on any atom is 0.189 e. The fourth-order valence-electron chi connectivity index (χ4n) is 1.94. The molecule has 1 aromatic carbocycles. The third kappa shape index (κ3) is 1.98. The molecular weight excluding hydrogens is 222 g/mol. The number of nitrogens with one attached hydrogen (secondary N) is 1. The Hall–Kier alpha value is -1.28. The predicted molar refractivity (Wildman–Crippen MR) is 68.3 cm³/mol. The molecule has 0 aliphatic rings. The number of hydrogen-bond donors (Lipinski definition) is 1. The van der Waals surface area contributed by atoms with E-state index in [1.54, 1.807) is 12.1 Å². The lowest BCUT2D eigenvalue weighted by atomic mass is 10.1. The maximum atomic E-state index is 11.9. The smallest absolute Gasteiger partial charge is 0.189 e. The summed E-state index contributed by atoms with van der Waals surface area (Å²) in [5.74, 6) is 0. The molecule has 0 aliphatic heterocycles. The second-order valence-corrected chi connectivity index (χ2v) is 4.49. The van der Waals surface area contributed by atoms with Crippen LogP contribution in [0.25, 0.3) is 10.9 Å². The van der Waals surface area contributed by atoms with Gasteiger partial charge in [0.15, 0.2) is 5.43 Å². The van der Waals surface area contributed by atoms with Crippen molar-refractivity contribution in [1.82, 2.24) is 4.98 Å².